The van der Waals surface area contributed by atoms with Gasteiger partial charge in [0.2, 0.25) is 0 Å². The van der Waals surface area contributed by atoms with Crippen LogP contribution in [0, 0.1) is 5.41 Å². The average Bonchev–Trinajstić information content (AvgIpc) is 2.84. The molecule has 0 saturated heterocycles. The van der Waals surface area contributed by atoms with E-state index in [0.29, 0.717) is 0 Å². The van der Waals surface area contributed by atoms with Gasteiger partial charge < -0.3 is 0 Å². The van der Waals surface area contributed by atoms with E-state index in [1.54, 1.807) is 6.92 Å². The van der Waals surface area contributed by atoms with E-state index in [9.17, 15) is 4.79 Å². The van der Waals surface area contributed by atoms with Gasteiger partial charge in [0.15, 0.2) is 5.78 Å². The predicted octanol–water partition coefficient (Wildman–Crippen LogP) is 12.5. The van der Waals surface area contributed by atoms with Crippen molar-refractivity contribution in [3.63, 3.8) is 0 Å². The Hall–Kier alpha value is -1.63. The largest absolute Gasteiger partial charge is 0.295 e. The van der Waals surface area contributed by atoms with Gasteiger partial charge in [-0.15, -0.1) is 6.58 Å². The lowest BCUT2D eigenvalue weighted by Crippen LogP contribution is -2.15. The molecule has 0 N–H and O–H groups in total. The molecule has 0 spiro atoms. The van der Waals surface area contributed by atoms with Crippen molar-refractivity contribution in [2.24, 2.45) is 5.41 Å². The number of hydrogen-bond donors (Lipinski definition) is 0. The van der Waals surface area contributed by atoms with Crippen molar-refractivity contribution < 1.29 is 4.79 Å². The fourth-order valence-corrected chi connectivity index (χ4v) is 2.76. The van der Waals surface area contributed by atoms with E-state index >= 15 is 0 Å². The van der Waals surface area contributed by atoms with Crippen molar-refractivity contribution in [3.8, 4) is 0 Å². The molecule has 210 valence electrons. The van der Waals surface area contributed by atoms with E-state index in [1.165, 1.54) is 23.1 Å². The molecule has 0 aromatic heterocycles. The summed E-state index contributed by atoms with van der Waals surface area (Å²) in [6.07, 6.45) is 5.32. The summed E-state index contributed by atoms with van der Waals surface area (Å²) in [5, 5.41) is 0. The summed E-state index contributed by atoms with van der Waals surface area (Å²) in [5.41, 5.74) is 5.10. The SMILES string of the molecule is C=C(C)C.CC.CC.CC.CC.CC/C(C(C)=O)=C(\C)CCC(C)(C)Cc1ccccc1.CCC. The molecular weight excluding hydrogens is 424 g/mol. The Labute approximate surface area is 224 Å². The molecule has 0 radical (unpaired) electrons. The van der Waals surface area contributed by atoms with Gasteiger partial charge in [0.05, 0.1) is 0 Å². The van der Waals surface area contributed by atoms with Gasteiger partial charge in [-0.1, -0.05) is 138 Å². The molecule has 0 heterocycles. The van der Waals surface area contributed by atoms with Gasteiger partial charge in [-0.25, -0.2) is 0 Å². The van der Waals surface area contributed by atoms with Crippen molar-refractivity contribution >= 4 is 5.78 Å². The smallest absolute Gasteiger partial charge is 0.155 e. The summed E-state index contributed by atoms with van der Waals surface area (Å²) in [7, 11) is 0. The highest BCUT2D eigenvalue weighted by Crippen LogP contribution is 2.30. The van der Waals surface area contributed by atoms with Crippen LogP contribution in [0.2, 0.25) is 0 Å². The maximum absolute atomic E-state index is 11.6. The second-order valence-corrected chi connectivity index (χ2v) is 8.41. The van der Waals surface area contributed by atoms with Crippen LogP contribution >= 0.6 is 0 Å². The number of allylic oxidation sites excluding steroid dienone is 3. The third-order valence-electron chi connectivity index (χ3n) is 4.00. The predicted molar refractivity (Wildman–Crippen MR) is 169 cm³/mol. The van der Waals surface area contributed by atoms with Crippen molar-refractivity contribution in [1.82, 2.24) is 0 Å². The summed E-state index contributed by atoms with van der Waals surface area (Å²) in [6.45, 7) is 38.2. The van der Waals surface area contributed by atoms with Gasteiger partial charge in [-0.2, -0.15) is 0 Å². The van der Waals surface area contributed by atoms with Gasteiger partial charge in [0.1, 0.15) is 0 Å². The molecule has 0 fully saturated rings. The molecule has 1 aromatic carbocycles. The number of ketones is 1. The fourth-order valence-electron chi connectivity index (χ4n) is 2.76. The molecule has 0 saturated carbocycles. The molecule has 0 bridgehead atoms. The molecule has 1 heteroatoms. The third-order valence-corrected chi connectivity index (χ3v) is 4.00. The molecule has 0 aliphatic carbocycles. The second kappa shape index (κ2) is 36.9. The first kappa shape index (κ1) is 46.7. The standard InChI is InChI=1S/C19H28O.C4H8.C3H8.4C2H6/c1-6-18(16(3)20)15(2)12-13-19(4,5)14-17-10-8-7-9-11-17;1-4(2)3;1-3-2;4*1-2/h7-11H,6,12-14H2,1-5H3;1H2,2-3H3;3H2,1-2H3;4*1-2H3/b18-15-;;;;;;. The van der Waals surface area contributed by atoms with Gasteiger partial charge in [-0.3, -0.25) is 4.79 Å². The Bertz CT molecular complexity index is 558. The van der Waals surface area contributed by atoms with Gasteiger partial charge >= 0.3 is 0 Å². The molecule has 0 amide bonds. The van der Waals surface area contributed by atoms with E-state index in [0.717, 1.165) is 31.3 Å². The van der Waals surface area contributed by atoms with Crippen molar-refractivity contribution in [1.29, 1.82) is 0 Å². The minimum Gasteiger partial charge on any atom is -0.295 e. The first-order chi connectivity index (χ1) is 16.5. The summed E-state index contributed by atoms with van der Waals surface area (Å²) in [6, 6.07) is 10.6. The van der Waals surface area contributed by atoms with E-state index in [2.05, 4.69) is 78.5 Å². The minimum atomic E-state index is 0.228. The van der Waals surface area contributed by atoms with Crippen molar-refractivity contribution in [2.75, 3.05) is 0 Å². The molecule has 1 nitrogen and oxygen atoms in total. The fraction of sp³-hybridized carbons (Fsp3) is 0.676. The van der Waals surface area contributed by atoms with Crippen LogP contribution < -0.4 is 0 Å². The summed E-state index contributed by atoms with van der Waals surface area (Å²) >= 11 is 0. The zero-order valence-corrected chi connectivity index (χ0v) is 27.5. The number of carbonyl (C=O) groups excluding carboxylic acids is 1. The third kappa shape index (κ3) is 39.9. The lowest BCUT2D eigenvalue weighted by atomic mass is 9.80. The van der Waals surface area contributed by atoms with Crippen LogP contribution in [-0.4, -0.2) is 5.78 Å². The zero-order valence-electron chi connectivity index (χ0n) is 27.5. The lowest BCUT2D eigenvalue weighted by molar-refractivity contribution is -0.113. The van der Waals surface area contributed by atoms with Gasteiger partial charge in [-0.05, 0) is 69.9 Å². The number of hydrogen-bond acceptors (Lipinski definition) is 1. The summed E-state index contributed by atoms with van der Waals surface area (Å²) in [5.74, 6) is 0.228. The van der Waals surface area contributed by atoms with E-state index < -0.39 is 0 Å². The highest BCUT2D eigenvalue weighted by atomic mass is 16.1. The summed E-state index contributed by atoms with van der Waals surface area (Å²) in [4.78, 5) is 11.6. The van der Waals surface area contributed by atoms with E-state index in [-0.39, 0.29) is 11.2 Å². The van der Waals surface area contributed by atoms with Crippen LogP contribution in [0.25, 0.3) is 0 Å². The van der Waals surface area contributed by atoms with Crippen LogP contribution in [0.4, 0.5) is 0 Å². The molecule has 0 atom stereocenters. The Morgan fingerprint density at radius 3 is 1.40 bits per heavy atom. The number of rotatable bonds is 7. The highest BCUT2D eigenvalue weighted by molar-refractivity contribution is 5.93. The topological polar surface area (TPSA) is 17.1 Å². The van der Waals surface area contributed by atoms with Crippen LogP contribution in [0.1, 0.15) is 149 Å². The van der Waals surface area contributed by atoms with Gasteiger partial charge in [0, 0.05) is 0 Å². The van der Waals surface area contributed by atoms with Crippen LogP contribution in [0.15, 0.2) is 53.6 Å². The number of carbonyl (C=O) groups is 1. The quantitative estimate of drug-likeness (QED) is 0.273. The Morgan fingerprint density at radius 1 is 0.771 bits per heavy atom. The molecule has 0 aliphatic heterocycles. The van der Waals surface area contributed by atoms with Crippen LogP contribution in [0.3, 0.4) is 0 Å². The minimum absolute atomic E-state index is 0.228. The average molecular weight is 493 g/mol. The first-order valence-electron chi connectivity index (χ1n) is 14.4. The Morgan fingerprint density at radius 2 is 1.11 bits per heavy atom. The number of Topliss-reactive ketones (excluding diaryl/α,β-unsaturated/α-hetero) is 1. The molecule has 0 aliphatic rings. The Balaban J connectivity index is -0.000000117. The molecule has 0 unspecified atom stereocenters. The molecule has 1 aromatic rings. The second-order valence-electron chi connectivity index (χ2n) is 8.41. The number of benzene rings is 1. The summed E-state index contributed by atoms with van der Waals surface area (Å²) < 4.78 is 0. The molecule has 35 heavy (non-hydrogen) atoms. The Kier molecular flexibility index (Phi) is 49.2. The maximum Gasteiger partial charge on any atom is 0.155 e. The highest BCUT2D eigenvalue weighted by Gasteiger charge is 2.19. The van der Waals surface area contributed by atoms with Crippen molar-refractivity contribution in [3.05, 3.63) is 59.2 Å². The van der Waals surface area contributed by atoms with Crippen LogP contribution in [-0.2, 0) is 11.2 Å². The van der Waals surface area contributed by atoms with E-state index in [1.807, 2.05) is 69.2 Å². The lowest BCUT2D eigenvalue weighted by Gasteiger charge is -2.25. The first-order valence-corrected chi connectivity index (χ1v) is 14.4. The van der Waals surface area contributed by atoms with Crippen molar-refractivity contribution in [2.45, 2.75) is 150 Å². The maximum atomic E-state index is 11.6. The monoisotopic (exact) mass is 493 g/mol. The van der Waals surface area contributed by atoms with Crippen LogP contribution in [0.5, 0.6) is 0 Å². The van der Waals surface area contributed by atoms with E-state index in [4.69, 9.17) is 0 Å². The molecular formula is C34H68O. The zero-order chi connectivity index (χ0) is 29.5. The molecule has 1 rings (SSSR count). The normalized spacial score (nSPS) is 9.40. The van der Waals surface area contributed by atoms with Gasteiger partial charge in [0.25, 0.3) is 0 Å².